The maximum Gasteiger partial charge on any atom is 0.345 e. The number of hydrogen-bond donors (Lipinski definition) is 2. The van der Waals surface area contributed by atoms with Gasteiger partial charge in [0.1, 0.15) is 10.5 Å². The molecule has 0 fully saturated rings. The first-order valence-corrected chi connectivity index (χ1v) is 8.36. The van der Waals surface area contributed by atoms with E-state index >= 15 is 0 Å². The number of hydrogen-bond acceptors (Lipinski definition) is 6. The lowest BCUT2D eigenvalue weighted by atomic mass is 10.2. The van der Waals surface area contributed by atoms with Crippen molar-refractivity contribution in [3.63, 3.8) is 0 Å². The molecule has 124 valence electrons. The quantitative estimate of drug-likeness (QED) is 0.583. The maximum absolute atomic E-state index is 11.0. The lowest BCUT2D eigenvalue weighted by Gasteiger charge is -2.06. The summed E-state index contributed by atoms with van der Waals surface area (Å²) in [5.74, 6) is -0.549. The highest BCUT2D eigenvalue weighted by molar-refractivity contribution is 7.12. The minimum atomic E-state index is -0.950. The number of carbonyl (C=O) groups is 1. The van der Waals surface area contributed by atoms with Crippen molar-refractivity contribution in [1.82, 2.24) is 19.4 Å². The Hall–Kier alpha value is -3.26. The predicted octanol–water partition coefficient (Wildman–Crippen LogP) is 3.60. The van der Waals surface area contributed by atoms with Crippen LogP contribution in [0.2, 0.25) is 0 Å². The van der Waals surface area contributed by atoms with Crippen molar-refractivity contribution < 1.29 is 9.90 Å². The lowest BCUT2D eigenvalue weighted by Crippen LogP contribution is -1.99. The molecule has 7 nitrogen and oxygen atoms in total. The molecule has 4 aromatic heterocycles. The number of carboxylic acid groups (broad SMARTS) is 1. The number of carboxylic acids is 1. The zero-order valence-electron chi connectivity index (χ0n) is 13.2. The van der Waals surface area contributed by atoms with Gasteiger partial charge in [-0.15, -0.1) is 11.3 Å². The summed E-state index contributed by atoms with van der Waals surface area (Å²) in [6, 6.07) is 9.20. The molecule has 25 heavy (non-hydrogen) atoms. The Balaban J connectivity index is 1.71. The molecule has 0 amide bonds. The van der Waals surface area contributed by atoms with E-state index in [9.17, 15) is 4.79 Å². The summed E-state index contributed by atoms with van der Waals surface area (Å²) < 4.78 is 1.98. The first kappa shape index (κ1) is 15.3. The second-order valence-corrected chi connectivity index (χ2v) is 6.28. The third-order valence-corrected chi connectivity index (χ3v) is 4.59. The van der Waals surface area contributed by atoms with Gasteiger partial charge in [-0.05, 0) is 31.2 Å². The van der Waals surface area contributed by atoms with E-state index in [2.05, 4.69) is 20.3 Å². The molecular weight excluding hydrogens is 338 g/mol. The van der Waals surface area contributed by atoms with Crippen LogP contribution in [0.3, 0.4) is 0 Å². The Labute approximate surface area is 146 Å². The predicted molar refractivity (Wildman–Crippen MR) is 95.5 cm³/mol. The fourth-order valence-electron chi connectivity index (χ4n) is 2.62. The van der Waals surface area contributed by atoms with Crippen molar-refractivity contribution in [3.05, 3.63) is 58.7 Å². The van der Waals surface area contributed by atoms with Crippen molar-refractivity contribution in [3.8, 4) is 11.4 Å². The molecule has 0 aromatic carbocycles. The molecule has 0 bridgehead atoms. The van der Waals surface area contributed by atoms with Crippen molar-refractivity contribution in [2.75, 3.05) is 5.32 Å². The van der Waals surface area contributed by atoms with E-state index in [1.54, 1.807) is 17.6 Å². The summed E-state index contributed by atoms with van der Waals surface area (Å²) in [6.07, 6.45) is 3.61. The highest BCUT2D eigenvalue weighted by atomic mass is 32.1. The summed E-state index contributed by atoms with van der Waals surface area (Å²) in [6.45, 7) is 1.94. The summed E-state index contributed by atoms with van der Waals surface area (Å²) in [5, 5.41) is 13.8. The minimum Gasteiger partial charge on any atom is -0.477 e. The summed E-state index contributed by atoms with van der Waals surface area (Å²) in [7, 11) is 0. The van der Waals surface area contributed by atoms with Crippen molar-refractivity contribution >= 4 is 34.6 Å². The highest BCUT2D eigenvalue weighted by Gasteiger charge is 2.13. The van der Waals surface area contributed by atoms with E-state index in [-0.39, 0.29) is 4.88 Å². The maximum atomic E-state index is 11.0. The fraction of sp³-hybridized carbons (Fsp3) is 0.0588. The van der Waals surface area contributed by atoms with Gasteiger partial charge in [0.25, 0.3) is 0 Å². The Morgan fingerprint density at radius 3 is 2.96 bits per heavy atom. The van der Waals surface area contributed by atoms with Crippen molar-refractivity contribution in [2.24, 2.45) is 0 Å². The third kappa shape index (κ3) is 2.83. The Bertz CT molecular complexity index is 1090. The van der Waals surface area contributed by atoms with Gasteiger partial charge in [0, 0.05) is 17.8 Å². The molecule has 0 atom stereocenters. The molecule has 0 unspecified atom stereocenters. The summed E-state index contributed by atoms with van der Waals surface area (Å²) in [5.41, 5.74) is 4.01. The van der Waals surface area contributed by atoms with E-state index in [1.807, 2.05) is 41.8 Å². The third-order valence-electron chi connectivity index (χ3n) is 3.67. The molecule has 0 spiro atoms. The van der Waals surface area contributed by atoms with E-state index in [1.165, 1.54) is 0 Å². The lowest BCUT2D eigenvalue weighted by molar-refractivity contribution is 0.0702. The molecular formula is C17H13N5O2S. The largest absolute Gasteiger partial charge is 0.477 e. The van der Waals surface area contributed by atoms with Crippen molar-refractivity contribution in [1.29, 1.82) is 0 Å². The van der Waals surface area contributed by atoms with Gasteiger partial charge in [-0.2, -0.15) is 0 Å². The smallest absolute Gasteiger partial charge is 0.345 e. The van der Waals surface area contributed by atoms with Gasteiger partial charge in [0.15, 0.2) is 0 Å². The summed E-state index contributed by atoms with van der Waals surface area (Å²) >= 11 is 1.15. The van der Waals surface area contributed by atoms with Crippen LogP contribution in [0.1, 0.15) is 15.4 Å². The number of pyridine rings is 1. The molecule has 8 heteroatoms. The van der Waals surface area contributed by atoms with E-state index in [0.717, 1.165) is 34.1 Å². The number of thiophene rings is 1. The van der Waals surface area contributed by atoms with E-state index in [4.69, 9.17) is 5.11 Å². The number of nitrogens with one attached hydrogen (secondary N) is 1. The Morgan fingerprint density at radius 2 is 2.16 bits per heavy atom. The van der Waals surface area contributed by atoms with Gasteiger partial charge in [-0.1, -0.05) is 6.07 Å². The number of nitrogens with zero attached hydrogens (tertiary/aromatic N) is 4. The highest BCUT2D eigenvalue weighted by Crippen LogP contribution is 2.25. The van der Waals surface area contributed by atoms with Crippen LogP contribution >= 0.6 is 11.3 Å². The average molecular weight is 351 g/mol. The van der Waals surface area contributed by atoms with Crippen molar-refractivity contribution in [2.45, 2.75) is 6.92 Å². The van der Waals surface area contributed by atoms with Crippen LogP contribution in [0, 0.1) is 6.92 Å². The number of aryl methyl sites for hydroxylation is 1. The van der Waals surface area contributed by atoms with Gasteiger partial charge in [-0.25, -0.2) is 19.7 Å². The average Bonchev–Trinajstić information content (AvgIpc) is 3.18. The second kappa shape index (κ2) is 5.99. The SMILES string of the molecule is Cc1nc2ccccn2c1-c1ccnc(Nc2csc(C(=O)O)c2)n1. The van der Waals surface area contributed by atoms with Gasteiger partial charge in [0.05, 0.1) is 22.8 Å². The second-order valence-electron chi connectivity index (χ2n) is 5.37. The normalized spacial score (nSPS) is 10.9. The minimum absolute atomic E-state index is 0.260. The van der Waals surface area contributed by atoms with Crippen LogP contribution in [-0.4, -0.2) is 30.4 Å². The number of anilines is 2. The standard InChI is InChI=1S/C17H13N5O2S/c1-10-15(22-7-3-2-4-14(22)19-10)12-5-6-18-17(21-12)20-11-8-13(16(23)24)25-9-11/h2-9H,1H3,(H,23,24)(H,18,20,21). The van der Waals surface area contributed by atoms with Crippen LogP contribution < -0.4 is 5.32 Å². The molecule has 0 saturated heterocycles. The fourth-order valence-corrected chi connectivity index (χ4v) is 3.29. The monoisotopic (exact) mass is 351 g/mol. The van der Waals surface area contributed by atoms with E-state index < -0.39 is 5.97 Å². The number of imidazole rings is 1. The molecule has 0 aliphatic carbocycles. The first-order chi connectivity index (χ1) is 12.1. The van der Waals surface area contributed by atoms with Gasteiger partial charge >= 0.3 is 5.97 Å². The molecule has 0 radical (unpaired) electrons. The summed E-state index contributed by atoms with van der Waals surface area (Å²) in [4.78, 5) is 24.5. The van der Waals surface area contributed by atoms with Crippen LogP contribution in [0.15, 0.2) is 48.1 Å². The van der Waals surface area contributed by atoms with Gasteiger partial charge < -0.3 is 10.4 Å². The topological polar surface area (TPSA) is 92.4 Å². The van der Waals surface area contributed by atoms with Crippen LogP contribution in [0.4, 0.5) is 11.6 Å². The van der Waals surface area contributed by atoms with Gasteiger partial charge in [-0.3, -0.25) is 4.40 Å². The van der Waals surface area contributed by atoms with Crippen LogP contribution in [0.25, 0.3) is 17.0 Å². The number of rotatable bonds is 4. The number of aromatic carboxylic acids is 1. The molecule has 0 aliphatic heterocycles. The number of aromatic nitrogens is 4. The van der Waals surface area contributed by atoms with Crippen LogP contribution in [0.5, 0.6) is 0 Å². The molecule has 4 aromatic rings. The first-order valence-electron chi connectivity index (χ1n) is 7.48. The molecule has 0 saturated carbocycles. The van der Waals surface area contributed by atoms with Gasteiger partial charge in [0.2, 0.25) is 5.95 Å². The molecule has 2 N–H and O–H groups in total. The van der Waals surface area contributed by atoms with E-state index in [0.29, 0.717) is 11.6 Å². The van der Waals surface area contributed by atoms with Crippen LogP contribution in [-0.2, 0) is 0 Å². The molecule has 4 heterocycles. The molecule has 4 rings (SSSR count). The zero-order chi connectivity index (χ0) is 17.4. The number of fused-ring (bicyclic) bond motifs is 1. The Kier molecular flexibility index (Phi) is 3.66. The molecule has 0 aliphatic rings. The zero-order valence-corrected chi connectivity index (χ0v) is 14.0. The Morgan fingerprint density at radius 1 is 1.28 bits per heavy atom.